The summed E-state index contributed by atoms with van der Waals surface area (Å²) in [6.07, 6.45) is 0. The van der Waals surface area contributed by atoms with Gasteiger partial charge >= 0.3 is 0 Å². The lowest BCUT2D eigenvalue weighted by atomic mass is 10.3. The zero-order valence-electron chi connectivity index (χ0n) is 10.8. The summed E-state index contributed by atoms with van der Waals surface area (Å²) in [5, 5.41) is 0. The van der Waals surface area contributed by atoms with Crippen LogP contribution in [0.25, 0.3) is 0 Å². The van der Waals surface area contributed by atoms with E-state index < -0.39 is 26.6 Å². The van der Waals surface area contributed by atoms with E-state index in [1.807, 2.05) is 0 Å². The van der Waals surface area contributed by atoms with Crippen LogP contribution in [-0.4, -0.2) is 13.4 Å². The molecular formula is C12H12F2N2O3S. The van der Waals surface area contributed by atoms with Gasteiger partial charge in [-0.15, -0.1) is 0 Å². The quantitative estimate of drug-likeness (QED) is 0.938. The number of nitrogens with one attached hydrogen (secondary N) is 1. The molecule has 0 radical (unpaired) electrons. The summed E-state index contributed by atoms with van der Waals surface area (Å²) in [5.74, 6) is -1.15. The highest BCUT2D eigenvalue weighted by Gasteiger charge is 2.20. The first-order valence-electron chi connectivity index (χ1n) is 5.67. The lowest BCUT2D eigenvalue weighted by Crippen LogP contribution is -2.24. The summed E-state index contributed by atoms with van der Waals surface area (Å²) in [7, 11) is -4.18. The van der Waals surface area contributed by atoms with Gasteiger partial charge in [0.25, 0.3) is 0 Å². The van der Waals surface area contributed by atoms with Crippen LogP contribution in [0.2, 0.25) is 0 Å². The standard InChI is InChI=1S/C12H12F2N2O3S/c1-7-8(2)19-12(16-7)6-15-20(17,18)11-5-9(13)3-4-10(11)14/h3-5,15H,6H2,1-2H3. The van der Waals surface area contributed by atoms with Crippen molar-refractivity contribution >= 4 is 10.0 Å². The molecule has 2 aromatic rings. The predicted molar refractivity (Wildman–Crippen MR) is 66.4 cm³/mol. The summed E-state index contributed by atoms with van der Waals surface area (Å²) in [5.41, 5.74) is 0.635. The van der Waals surface area contributed by atoms with Gasteiger partial charge in [-0.1, -0.05) is 0 Å². The maximum Gasteiger partial charge on any atom is 0.244 e. The van der Waals surface area contributed by atoms with Crippen molar-refractivity contribution in [3.63, 3.8) is 0 Å². The largest absolute Gasteiger partial charge is 0.444 e. The van der Waals surface area contributed by atoms with Crippen LogP contribution in [0.4, 0.5) is 8.78 Å². The molecule has 0 spiro atoms. The van der Waals surface area contributed by atoms with E-state index in [0.29, 0.717) is 17.5 Å². The van der Waals surface area contributed by atoms with E-state index in [9.17, 15) is 17.2 Å². The van der Waals surface area contributed by atoms with Gasteiger partial charge in [-0.3, -0.25) is 0 Å². The van der Waals surface area contributed by atoms with Gasteiger partial charge in [-0.05, 0) is 32.0 Å². The van der Waals surface area contributed by atoms with Crippen molar-refractivity contribution in [2.75, 3.05) is 0 Å². The van der Waals surface area contributed by atoms with Gasteiger partial charge in [0.05, 0.1) is 12.2 Å². The molecule has 108 valence electrons. The third-order valence-corrected chi connectivity index (χ3v) is 4.09. The molecule has 1 aromatic heterocycles. The van der Waals surface area contributed by atoms with Crippen molar-refractivity contribution in [2.45, 2.75) is 25.3 Å². The van der Waals surface area contributed by atoms with Gasteiger partial charge in [0.15, 0.2) is 0 Å². The number of hydrogen-bond donors (Lipinski definition) is 1. The number of aromatic nitrogens is 1. The van der Waals surface area contributed by atoms with Crippen LogP contribution in [0.1, 0.15) is 17.3 Å². The molecule has 0 aliphatic heterocycles. The Morgan fingerprint density at radius 3 is 2.60 bits per heavy atom. The average Bonchev–Trinajstić information content (AvgIpc) is 2.69. The molecular weight excluding hydrogens is 290 g/mol. The monoisotopic (exact) mass is 302 g/mol. The molecule has 1 N–H and O–H groups in total. The Kier molecular flexibility index (Phi) is 3.87. The van der Waals surface area contributed by atoms with Crippen molar-refractivity contribution in [1.29, 1.82) is 0 Å². The van der Waals surface area contributed by atoms with Crippen LogP contribution >= 0.6 is 0 Å². The number of sulfonamides is 1. The first kappa shape index (κ1) is 14.6. The SMILES string of the molecule is Cc1nc(CNS(=O)(=O)c2cc(F)ccc2F)oc1C. The van der Waals surface area contributed by atoms with Gasteiger partial charge in [-0.2, -0.15) is 0 Å². The second kappa shape index (κ2) is 5.29. The fourth-order valence-corrected chi connectivity index (χ4v) is 2.59. The summed E-state index contributed by atoms with van der Waals surface area (Å²) >= 11 is 0. The molecule has 0 fully saturated rings. The minimum atomic E-state index is -4.18. The number of aryl methyl sites for hydroxylation is 2. The molecule has 0 saturated heterocycles. The van der Waals surface area contributed by atoms with E-state index in [1.54, 1.807) is 13.8 Å². The highest BCUT2D eigenvalue weighted by atomic mass is 32.2. The Labute approximate surface area is 114 Å². The lowest BCUT2D eigenvalue weighted by Gasteiger charge is -2.06. The van der Waals surface area contributed by atoms with Crippen molar-refractivity contribution in [3.05, 3.63) is 47.2 Å². The van der Waals surface area contributed by atoms with E-state index in [4.69, 9.17) is 4.42 Å². The second-order valence-corrected chi connectivity index (χ2v) is 5.88. The first-order chi connectivity index (χ1) is 9.29. The maximum absolute atomic E-state index is 13.4. The molecule has 0 saturated carbocycles. The number of rotatable bonds is 4. The van der Waals surface area contributed by atoms with Crippen molar-refractivity contribution in [1.82, 2.24) is 9.71 Å². The molecule has 0 unspecified atom stereocenters. The summed E-state index contributed by atoms with van der Waals surface area (Å²) in [4.78, 5) is 3.23. The molecule has 1 aromatic carbocycles. The van der Waals surface area contributed by atoms with Crippen LogP contribution in [0.15, 0.2) is 27.5 Å². The first-order valence-corrected chi connectivity index (χ1v) is 7.15. The lowest BCUT2D eigenvalue weighted by molar-refractivity contribution is 0.462. The second-order valence-electron chi connectivity index (χ2n) is 4.15. The van der Waals surface area contributed by atoms with Gasteiger partial charge in [0, 0.05) is 0 Å². The van der Waals surface area contributed by atoms with E-state index >= 15 is 0 Å². The van der Waals surface area contributed by atoms with E-state index in [1.165, 1.54) is 0 Å². The maximum atomic E-state index is 13.4. The average molecular weight is 302 g/mol. The molecule has 0 atom stereocenters. The van der Waals surface area contributed by atoms with Crippen molar-refractivity contribution in [3.8, 4) is 0 Å². The summed E-state index contributed by atoms with van der Waals surface area (Å²) in [6.45, 7) is 3.16. The predicted octanol–water partition coefficient (Wildman–Crippen LogP) is 2.05. The molecule has 2 rings (SSSR count). The molecule has 0 aliphatic rings. The van der Waals surface area contributed by atoms with E-state index in [0.717, 1.165) is 12.1 Å². The van der Waals surface area contributed by atoms with Gasteiger partial charge in [0.2, 0.25) is 15.9 Å². The smallest absolute Gasteiger partial charge is 0.244 e. The molecule has 20 heavy (non-hydrogen) atoms. The normalized spacial score (nSPS) is 11.8. The molecule has 0 aliphatic carbocycles. The zero-order valence-corrected chi connectivity index (χ0v) is 11.6. The highest BCUT2D eigenvalue weighted by molar-refractivity contribution is 7.89. The van der Waals surface area contributed by atoms with Gasteiger partial charge in [-0.25, -0.2) is 26.9 Å². The zero-order chi connectivity index (χ0) is 14.9. The summed E-state index contributed by atoms with van der Waals surface area (Å²) in [6, 6.07) is 2.21. The van der Waals surface area contributed by atoms with E-state index in [-0.39, 0.29) is 12.4 Å². The van der Waals surface area contributed by atoms with Crippen molar-refractivity contribution in [2.24, 2.45) is 0 Å². The Balaban J connectivity index is 2.21. The Bertz CT molecular complexity index is 722. The van der Waals surface area contributed by atoms with Gasteiger partial charge < -0.3 is 4.42 Å². The molecule has 8 heteroatoms. The molecule has 5 nitrogen and oxygen atoms in total. The van der Waals surface area contributed by atoms with E-state index in [2.05, 4.69) is 9.71 Å². The number of halogens is 2. The van der Waals surface area contributed by atoms with Crippen LogP contribution < -0.4 is 4.72 Å². The number of benzene rings is 1. The van der Waals surface area contributed by atoms with Crippen LogP contribution in [0.5, 0.6) is 0 Å². The number of nitrogens with zero attached hydrogens (tertiary/aromatic N) is 1. The van der Waals surface area contributed by atoms with Crippen LogP contribution in [0.3, 0.4) is 0 Å². The Morgan fingerprint density at radius 1 is 1.30 bits per heavy atom. The number of hydrogen-bond acceptors (Lipinski definition) is 4. The third kappa shape index (κ3) is 3.02. The topological polar surface area (TPSA) is 72.2 Å². The molecule has 0 bridgehead atoms. The highest BCUT2D eigenvalue weighted by Crippen LogP contribution is 2.16. The van der Waals surface area contributed by atoms with Gasteiger partial charge in [0.1, 0.15) is 22.3 Å². The minimum Gasteiger partial charge on any atom is -0.444 e. The fraction of sp³-hybridized carbons (Fsp3) is 0.250. The Hall–Kier alpha value is -1.80. The fourth-order valence-electron chi connectivity index (χ4n) is 1.53. The minimum absolute atomic E-state index is 0.153. The van der Waals surface area contributed by atoms with Crippen molar-refractivity contribution < 1.29 is 21.6 Å². The van der Waals surface area contributed by atoms with Crippen LogP contribution in [-0.2, 0) is 16.6 Å². The van der Waals surface area contributed by atoms with Crippen LogP contribution in [0, 0.1) is 25.5 Å². The Morgan fingerprint density at radius 2 is 2.00 bits per heavy atom. The summed E-state index contributed by atoms with van der Waals surface area (Å²) < 4.78 is 57.5. The molecule has 0 amide bonds. The third-order valence-electron chi connectivity index (χ3n) is 2.67. The number of oxazole rings is 1. The molecule has 1 heterocycles.